The van der Waals surface area contributed by atoms with E-state index in [-0.39, 0.29) is 0 Å². The Bertz CT molecular complexity index is 414. The number of pyridine rings is 1. The molecule has 1 aromatic rings. The second-order valence-corrected chi connectivity index (χ2v) is 5.81. The summed E-state index contributed by atoms with van der Waals surface area (Å²) in [7, 11) is -1.20. The van der Waals surface area contributed by atoms with Gasteiger partial charge in [0.15, 0.2) is 0 Å². The first-order chi connectivity index (χ1) is 9.17. The smallest absolute Gasteiger partial charge is 0.492 e. The molecule has 1 aromatic heterocycles. The largest absolute Gasteiger partial charge is 0.511 e. The van der Waals surface area contributed by atoms with E-state index < -0.39 is 18.3 Å². The molecule has 0 saturated carbocycles. The molecule has 0 aromatic carbocycles. The summed E-state index contributed by atoms with van der Waals surface area (Å²) in [6, 6.07) is 3.39. The predicted molar refractivity (Wildman–Crippen MR) is 79.1 cm³/mol. The Morgan fingerprint density at radius 1 is 1.25 bits per heavy atom. The fourth-order valence-electron chi connectivity index (χ4n) is 1.33. The molecule has 0 atom stereocenters. The first kappa shape index (κ1) is 16.9. The minimum absolute atomic E-state index is 0.381. The molecule has 5 nitrogen and oxygen atoms in total. The highest BCUT2D eigenvalue weighted by molar-refractivity contribution is 6.59. The van der Waals surface area contributed by atoms with E-state index in [2.05, 4.69) is 4.98 Å². The van der Waals surface area contributed by atoms with Crippen LogP contribution in [-0.4, -0.2) is 40.0 Å². The topological polar surface area (TPSA) is 71.8 Å². The molecule has 0 unspecified atom stereocenters. The van der Waals surface area contributed by atoms with Crippen LogP contribution in [0.5, 0.6) is 5.75 Å². The average molecular weight is 281 g/mol. The van der Waals surface area contributed by atoms with Gasteiger partial charge in [0.25, 0.3) is 0 Å². The van der Waals surface area contributed by atoms with Gasteiger partial charge in [-0.3, -0.25) is 4.98 Å². The van der Waals surface area contributed by atoms with Gasteiger partial charge in [-0.1, -0.05) is 6.92 Å². The number of aromatic nitrogens is 1. The lowest BCUT2D eigenvalue weighted by Crippen LogP contribution is -2.53. The number of aliphatic hydroxyl groups is 1. The molecule has 0 aliphatic rings. The van der Waals surface area contributed by atoms with E-state index in [1.165, 1.54) is 0 Å². The second kappa shape index (κ2) is 6.56. The van der Waals surface area contributed by atoms with Gasteiger partial charge in [0.1, 0.15) is 5.75 Å². The van der Waals surface area contributed by atoms with Crippen molar-refractivity contribution in [2.24, 2.45) is 0 Å². The van der Waals surface area contributed by atoms with E-state index in [1.54, 1.807) is 46.0 Å². The van der Waals surface area contributed by atoms with Gasteiger partial charge in [0.05, 0.1) is 29.6 Å². The fraction of sp³-hybridized carbons (Fsp3) is 0.643. The van der Waals surface area contributed by atoms with Crippen LogP contribution in [0.15, 0.2) is 18.3 Å². The van der Waals surface area contributed by atoms with Gasteiger partial charge in [0, 0.05) is 0 Å². The van der Waals surface area contributed by atoms with Crippen molar-refractivity contribution < 1.29 is 19.5 Å². The molecule has 112 valence electrons. The van der Waals surface area contributed by atoms with Crippen molar-refractivity contribution in [3.63, 3.8) is 0 Å². The maximum absolute atomic E-state index is 10.0. The van der Waals surface area contributed by atoms with E-state index in [9.17, 15) is 10.1 Å². The molecule has 0 fully saturated rings. The first-order valence-electron chi connectivity index (χ1n) is 6.84. The van der Waals surface area contributed by atoms with Gasteiger partial charge in [0.2, 0.25) is 0 Å². The molecule has 0 radical (unpaired) electrons. The Morgan fingerprint density at radius 3 is 2.35 bits per heavy atom. The summed E-state index contributed by atoms with van der Waals surface area (Å²) >= 11 is 0. The van der Waals surface area contributed by atoms with Gasteiger partial charge in [-0.05, 0) is 46.2 Å². The van der Waals surface area contributed by atoms with Crippen LogP contribution < -0.4 is 10.3 Å². The Kier molecular flexibility index (Phi) is 5.56. The maximum atomic E-state index is 10.0. The van der Waals surface area contributed by atoms with Crippen LogP contribution in [0.2, 0.25) is 0 Å². The van der Waals surface area contributed by atoms with Crippen molar-refractivity contribution in [3.8, 4) is 5.75 Å². The molecule has 1 rings (SSSR count). The van der Waals surface area contributed by atoms with Crippen molar-refractivity contribution in [2.75, 3.05) is 6.61 Å². The van der Waals surface area contributed by atoms with E-state index in [0.29, 0.717) is 17.9 Å². The van der Waals surface area contributed by atoms with Crippen LogP contribution >= 0.6 is 0 Å². The molecule has 0 aliphatic heterocycles. The summed E-state index contributed by atoms with van der Waals surface area (Å²) < 4.78 is 10.9. The van der Waals surface area contributed by atoms with Crippen molar-refractivity contribution in [1.29, 1.82) is 0 Å². The SMILES string of the molecule is CCCOc1ccc(B(O)OC(C)(C)C(C)(C)O)nc1. The molecule has 0 amide bonds. The summed E-state index contributed by atoms with van der Waals surface area (Å²) in [6.07, 6.45) is 2.47. The van der Waals surface area contributed by atoms with Gasteiger partial charge < -0.3 is 19.5 Å². The van der Waals surface area contributed by atoms with E-state index in [4.69, 9.17) is 9.39 Å². The maximum Gasteiger partial charge on any atom is 0.511 e. The Morgan fingerprint density at radius 2 is 1.90 bits per heavy atom. The van der Waals surface area contributed by atoms with Gasteiger partial charge in [-0.2, -0.15) is 0 Å². The molecule has 0 bridgehead atoms. The van der Waals surface area contributed by atoms with Crippen molar-refractivity contribution in [2.45, 2.75) is 52.2 Å². The number of hydrogen-bond donors (Lipinski definition) is 2. The van der Waals surface area contributed by atoms with Crippen molar-refractivity contribution in [3.05, 3.63) is 18.3 Å². The zero-order valence-corrected chi connectivity index (χ0v) is 12.9. The number of rotatable bonds is 7. The minimum atomic E-state index is -1.20. The zero-order chi connectivity index (χ0) is 15.4. The number of nitrogens with zero attached hydrogens (tertiary/aromatic N) is 1. The van der Waals surface area contributed by atoms with Crippen LogP contribution in [0.4, 0.5) is 0 Å². The van der Waals surface area contributed by atoms with E-state index >= 15 is 0 Å². The standard InChI is InChI=1S/C14H24BNO4/c1-6-9-19-11-7-8-12(16-10-11)15(18)20-14(4,5)13(2,3)17/h7-8,10,17-18H,6,9H2,1-5H3. The van der Waals surface area contributed by atoms with Crippen LogP contribution in [0, 0.1) is 0 Å². The van der Waals surface area contributed by atoms with Crippen LogP contribution in [-0.2, 0) is 4.65 Å². The van der Waals surface area contributed by atoms with Gasteiger partial charge in [-0.15, -0.1) is 0 Å². The normalized spacial score (nSPS) is 12.3. The molecular formula is C14H24BNO4. The van der Waals surface area contributed by atoms with Crippen molar-refractivity contribution in [1.82, 2.24) is 4.98 Å². The molecule has 0 aliphatic carbocycles. The van der Waals surface area contributed by atoms with Crippen molar-refractivity contribution >= 4 is 12.7 Å². The summed E-state index contributed by atoms with van der Waals surface area (Å²) in [4.78, 5) is 4.12. The monoisotopic (exact) mass is 281 g/mol. The number of ether oxygens (including phenoxy) is 1. The molecule has 6 heteroatoms. The highest BCUT2D eigenvalue weighted by Gasteiger charge is 2.39. The third kappa shape index (κ3) is 4.47. The minimum Gasteiger partial charge on any atom is -0.492 e. The van der Waals surface area contributed by atoms with Gasteiger partial charge >= 0.3 is 7.12 Å². The average Bonchev–Trinajstić information content (AvgIpc) is 2.35. The lowest BCUT2D eigenvalue weighted by atomic mass is 9.80. The third-order valence-electron chi connectivity index (χ3n) is 3.36. The Hall–Kier alpha value is -1.11. The van der Waals surface area contributed by atoms with Crippen LogP contribution in [0.1, 0.15) is 41.0 Å². The first-order valence-corrected chi connectivity index (χ1v) is 6.84. The molecular weight excluding hydrogens is 257 g/mol. The lowest BCUT2D eigenvalue weighted by molar-refractivity contribution is -0.0983. The Labute approximate surface area is 121 Å². The summed E-state index contributed by atoms with van der Waals surface area (Å²) in [5.41, 5.74) is -1.62. The highest BCUT2D eigenvalue weighted by atomic mass is 16.5. The predicted octanol–water partition coefficient (Wildman–Crippen LogP) is 1.12. The van der Waals surface area contributed by atoms with Crippen LogP contribution in [0.25, 0.3) is 0 Å². The molecule has 0 spiro atoms. The summed E-state index contributed by atoms with van der Waals surface area (Å²) in [5, 5.41) is 20.1. The van der Waals surface area contributed by atoms with E-state index in [0.717, 1.165) is 6.42 Å². The highest BCUT2D eigenvalue weighted by Crippen LogP contribution is 2.25. The zero-order valence-electron chi connectivity index (χ0n) is 12.9. The van der Waals surface area contributed by atoms with Crippen LogP contribution in [0.3, 0.4) is 0 Å². The quantitative estimate of drug-likeness (QED) is 0.733. The third-order valence-corrected chi connectivity index (χ3v) is 3.36. The number of hydrogen-bond acceptors (Lipinski definition) is 5. The molecule has 2 N–H and O–H groups in total. The molecule has 1 heterocycles. The second-order valence-electron chi connectivity index (χ2n) is 5.81. The fourth-order valence-corrected chi connectivity index (χ4v) is 1.33. The molecule has 0 saturated heterocycles. The molecule has 20 heavy (non-hydrogen) atoms. The van der Waals surface area contributed by atoms with E-state index in [1.807, 2.05) is 6.92 Å². The lowest BCUT2D eigenvalue weighted by Gasteiger charge is -2.38. The Balaban J connectivity index is 2.71. The van der Waals surface area contributed by atoms with Gasteiger partial charge in [-0.25, -0.2) is 0 Å². The summed E-state index contributed by atoms with van der Waals surface area (Å²) in [5.74, 6) is 0.657. The summed E-state index contributed by atoms with van der Waals surface area (Å²) in [6.45, 7) is 9.36.